The number of rotatable bonds is 1. The highest BCUT2D eigenvalue weighted by Gasteiger charge is 2.44. The van der Waals surface area contributed by atoms with Crippen LogP contribution in [-0.2, 0) is 0 Å². The van der Waals surface area contributed by atoms with Crippen molar-refractivity contribution in [2.24, 2.45) is 0 Å². The quantitative estimate of drug-likeness (QED) is 0.638. The number of ether oxygens (including phenoxy) is 4. The molecule has 3 aliphatic rings. The zero-order chi connectivity index (χ0) is 21.6. The van der Waals surface area contributed by atoms with Gasteiger partial charge in [0.15, 0.2) is 5.78 Å². The van der Waals surface area contributed by atoms with Gasteiger partial charge in [0.2, 0.25) is 0 Å². The molecule has 2 aromatic carbocycles. The first-order valence-electron chi connectivity index (χ1n) is 10.5. The Hall–Kier alpha value is -2.95. The molecule has 0 N–H and O–H groups in total. The molecule has 3 aliphatic heterocycles. The highest BCUT2D eigenvalue weighted by Crippen LogP contribution is 2.48. The third-order valence-corrected chi connectivity index (χ3v) is 5.63. The standard InChI is InChI=1S/C23H22O5.C2H6/c1-12-9-18-15(10-17(12)25-4)20-19(11-26-18)27-22-13-7-8-23(2,3)28-16(13)6-5-14(22)21(20)24;1-2/h5-10,19-20H,11H2,1-4H3;1-2H3/t19-,20+;/m1./s1. The van der Waals surface area contributed by atoms with Crippen LogP contribution in [-0.4, -0.2) is 31.2 Å². The molecular weight excluding hydrogens is 380 g/mol. The Labute approximate surface area is 177 Å². The first-order chi connectivity index (χ1) is 14.4. The molecule has 158 valence electrons. The maximum absolute atomic E-state index is 13.5. The van der Waals surface area contributed by atoms with E-state index >= 15 is 0 Å². The van der Waals surface area contributed by atoms with Crippen molar-refractivity contribution in [3.05, 3.63) is 52.6 Å². The minimum Gasteiger partial charge on any atom is -0.496 e. The predicted molar refractivity (Wildman–Crippen MR) is 116 cm³/mol. The van der Waals surface area contributed by atoms with Crippen LogP contribution in [0.25, 0.3) is 6.08 Å². The van der Waals surface area contributed by atoms with Crippen molar-refractivity contribution in [2.45, 2.75) is 52.2 Å². The Morgan fingerprint density at radius 3 is 2.63 bits per heavy atom. The summed E-state index contributed by atoms with van der Waals surface area (Å²) >= 11 is 0. The lowest BCUT2D eigenvalue weighted by molar-refractivity contribution is 0.0554. The monoisotopic (exact) mass is 408 g/mol. The van der Waals surface area contributed by atoms with E-state index < -0.39 is 5.92 Å². The predicted octanol–water partition coefficient (Wildman–Crippen LogP) is 5.33. The van der Waals surface area contributed by atoms with Gasteiger partial charge in [-0.3, -0.25) is 4.79 Å². The summed E-state index contributed by atoms with van der Waals surface area (Å²) in [5.41, 5.74) is 2.81. The summed E-state index contributed by atoms with van der Waals surface area (Å²) in [5.74, 6) is 2.42. The van der Waals surface area contributed by atoms with Crippen molar-refractivity contribution >= 4 is 11.9 Å². The van der Waals surface area contributed by atoms with Crippen molar-refractivity contribution < 1.29 is 23.7 Å². The SMILES string of the molecule is CC.COc1cc2c(cc1C)OC[C@H]1Oc3c(ccc4c3C=CC(C)(C)O4)C(=O)[C@@H]21. The second kappa shape index (κ2) is 7.38. The molecule has 0 spiro atoms. The van der Waals surface area contributed by atoms with Crippen molar-refractivity contribution in [3.8, 4) is 23.0 Å². The van der Waals surface area contributed by atoms with Gasteiger partial charge in [-0.1, -0.05) is 13.8 Å². The van der Waals surface area contributed by atoms with Crippen molar-refractivity contribution in [1.82, 2.24) is 0 Å². The Morgan fingerprint density at radius 1 is 1.13 bits per heavy atom. The van der Waals surface area contributed by atoms with Crippen LogP contribution in [0.4, 0.5) is 0 Å². The van der Waals surface area contributed by atoms with Crippen LogP contribution in [0.15, 0.2) is 30.3 Å². The van der Waals surface area contributed by atoms with E-state index in [9.17, 15) is 4.79 Å². The minimum absolute atomic E-state index is 0.0442. The number of carbonyl (C=O) groups is 1. The Kier molecular flexibility index (Phi) is 5.00. The number of hydrogen-bond donors (Lipinski definition) is 0. The Morgan fingerprint density at radius 2 is 1.90 bits per heavy atom. The van der Waals surface area contributed by atoms with E-state index in [0.29, 0.717) is 17.9 Å². The Bertz CT molecular complexity index is 1030. The summed E-state index contributed by atoms with van der Waals surface area (Å²) < 4.78 is 23.7. The average molecular weight is 408 g/mol. The van der Waals surface area contributed by atoms with Crippen molar-refractivity contribution in [1.29, 1.82) is 0 Å². The minimum atomic E-state index is -0.409. The van der Waals surface area contributed by atoms with Crippen LogP contribution >= 0.6 is 0 Å². The number of Topliss-reactive ketones (excluding diaryl/α,β-unsaturated/α-hetero) is 1. The van der Waals surface area contributed by atoms with Gasteiger partial charge in [-0.15, -0.1) is 0 Å². The van der Waals surface area contributed by atoms with Gasteiger partial charge in [0.05, 0.1) is 24.2 Å². The molecule has 3 heterocycles. The van der Waals surface area contributed by atoms with Crippen LogP contribution in [0.1, 0.15) is 60.7 Å². The van der Waals surface area contributed by atoms with Crippen LogP contribution < -0.4 is 18.9 Å². The number of hydrogen-bond acceptors (Lipinski definition) is 5. The molecule has 0 saturated heterocycles. The number of methoxy groups -OCH3 is 1. The van der Waals surface area contributed by atoms with Gasteiger partial charge in [-0.2, -0.15) is 0 Å². The molecule has 2 atom stereocenters. The van der Waals surface area contributed by atoms with Gasteiger partial charge < -0.3 is 18.9 Å². The van der Waals surface area contributed by atoms with Gasteiger partial charge in [-0.05, 0) is 62.8 Å². The van der Waals surface area contributed by atoms with Gasteiger partial charge in [0, 0.05) is 5.56 Å². The highest BCUT2D eigenvalue weighted by molar-refractivity contribution is 6.06. The van der Waals surface area contributed by atoms with Crippen molar-refractivity contribution in [2.75, 3.05) is 13.7 Å². The van der Waals surface area contributed by atoms with Gasteiger partial charge in [0.1, 0.15) is 41.3 Å². The zero-order valence-electron chi connectivity index (χ0n) is 18.4. The summed E-state index contributed by atoms with van der Waals surface area (Å²) in [6.45, 7) is 10.3. The van der Waals surface area contributed by atoms with Crippen LogP contribution in [0, 0.1) is 6.92 Å². The third kappa shape index (κ3) is 3.13. The molecule has 0 bridgehead atoms. The van der Waals surface area contributed by atoms with E-state index in [1.807, 2.05) is 71.0 Å². The normalized spacial score (nSPS) is 21.9. The molecule has 5 nitrogen and oxygen atoms in total. The lowest BCUT2D eigenvalue weighted by atomic mass is 9.81. The van der Waals surface area contributed by atoms with E-state index in [1.165, 1.54) is 0 Å². The van der Waals surface area contributed by atoms with Gasteiger partial charge in [-0.25, -0.2) is 0 Å². The molecule has 0 amide bonds. The molecule has 2 aromatic rings. The number of fused-ring (bicyclic) bond motifs is 6. The number of benzene rings is 2. The molecule has 0 aliphatic carbocycles. The summed E-state index contributed by atoms with van der Waals surface area (Å²) in [6, 6.07) is 7.50. The molecule has 30 heavy (non-hydrogen) atoms. The van der Waals surface area contributed by atoms with Crippen LogP contribution in [0.2, 0.25) is 0 Å². The first kappa shape index (κ1) is 20.3. The molecule has 5 rings (SSSR count). The maximum Gasteiger partial charge on any atom is 0.178 e. The summed E-state index contributed by atoms with van der Waals surface area (Å²) in [7, 11) is 1.63. The van der Waals surface area contributed by atoms with Crippen molar-refractivity contribution in [3.63, 3.8) is 0 Å². The first-order valence-corrected chi connectivity index (χ1v) is 10.5. The van der Waals surface area contributed by atoms with E-state index in [2.05, 4.69) is 0 Å². The number of carbonyl (C=O) groups excluding carboxylic acids is 1. The van der Waals surface area contributed by atoms with Gasteiger partial charge in [0.25, 0.3) is 0 Å². The molecule has 0 radical (unpaired) electrons. The van der Waals surface area contributed by atoms with Crippen LogP contribution in [0.5, 0.6) is 23.0 Å². The number of aryl methyl sites for hydroxylation is 1. The lowest BCUT2D eigenvalue weighted by Gasteiger charge is -2.38. The molecule has 0 saturated carbocycles. The summed E-state index contributed by atoms with van der Waals surface area (Å²) in [4.78, 5) is 13.5. The lowest BCUT2D eigenvalue weighted by Crippen LogP contribution is -2.43. The summed E-state index contributed by atoms with van der Waals surface area (Å²) in [6.07, 6.45) is 3.58. The second-order valence-electron chi connectivity index (χ2n) is 8.06. The van der Waals surface area contributed by atoms with E-state index in [4.69, 9.17) is 18.9 Å². The third-order valence-electron chi connectivity index (χ3n) is 5.63. The fourth-order valence-electron chi connectivity index (χ4n) is 4.22. The van der Waals surface area contributed by atoms with E-state index in [-0.39, 0.29) is 17.5 Å². The molecule has 0 fully saturated rings. The number of ketones is 1. The second-order valence-corrected chi connectivity index (χ2v) is 8.06. The fourth-order valence-corrected chi connectivity index (χ4v) is 4.22. The summed E-state index contributed by atoms with van der Waals surface area (Å²) in [5, 5.41) is 0. The Balaban J connectivity index is 0.00000106. The molecule has 0 unspecified atom stereocenters. The smallest absolute Gasteiger partial charge is 0.178 e. The fraction of sp³-hybridized carbons (Fsp3) is 0.400. The maximum atomic E-state index is 13.5. The largest absolute Gasteiger partial charge is 0.496 e. The molecule has 0 aromatic heterocycles. The average Bonchev–Trinajstić information content (AvgIpc) is 2.73. The van der Waals surface area contributed by atoms with Gasteiger partial charge >= 0.3 is 0 Å². The molecule has 5 heteroatoms. The zero-order valence-corrected chi connectivity index (χ0v) is 18.4. The molecular formula is C25H28O5. The van der Waals surface area contributed by atoms with Crippen LogP contribution in [0.3, 0.4) is 0 Å². The van der Waals surface area contributed by atoms with E-state index in [1.54, 1.807) is 7.11 Å². The van der Waals surface area contributed by atoms with E-state index in [0.717, 1.165) is 33.9 Å². The highest BCUT2D eigenvalue weighted by atomic mass is 16.5. The topological polar surface area (TPSA) is 54.0 Å².